The molecule has 32 heavy (non-hydrogen) atoms. The van der Waals surface area contributed by atoms with Crippen LogP contribution in [-0.2, 0) is 4.79 Å². The molecule has 1 aliphatic rings. The maximum atomic E-state index is 14.1. The Hall–Kier alpha value is -3.44. The van der Waals surface area contributed by atoms with Gasteiger partial charge >= 0.3 is 12.2 Å². The van der Waals surface area contributed by atoms with Crippen molar-refractivity contribution >= 4 is 11.9 Å². The summed E-state index contributed by atoms with van der Waals surface area (Å²) in [6.07, 6.45) is -3.42. The fraction of sp³-hybridized carbons (Fsp3) is 0.350. The first kappa shape index (κ1) is 23.2. The molecule has 2 heterocycles. The number of nitrogens with two attached hydrogens (primary N) is 1. The Labute approximate surface area is 179 Å². The van der Waals surface area contributed by atoms with Gasteiger partial charge in [-0.25, -0.2) is 18.6 Å². The third-order valence-corrected chi connectivity index (χ3v) is 5.22. The maximum Gasteiger partial charge on any atom is 0.422 e. The van der Waals surface area contributed by atoms with Crippen LogP contribution in [0.15, 0.2) is 36.5 Å². The first-order chi connectivity index (χ1) is 14.9. The fourth-order valence-corrected chi connectivity index (χ4v) is 3.78. The van der Waals surface area contributed by atoms with Crippen molar-refractivity contribution in [1.82, 2.24) is 15.2 Å². The second-order valence-corrected chi connectivity index (χ2v) is 7.33. The van der Waals surface area contributed by atoms with Crippen LogP contribution in [0.4, 0.5) is 26.7 Å². The highest BCUT2D eigenvalue weighted by atomic mass is 19.4. The number of halogens is 5. The summed E-state index contributed by atoms with van der Waals surface area (Å²) < 4.78 is 69.3. The minimum atomic E-state index is -4.57. The number of nitrogens with one attached hydrogen (secondary N) is 1. The molecule has 1 aromatic carbocycles. The SMILES string of the molecule is CC1([C@H](c2ccc(OCC(F)(F)F)nc2)c2ccc(F)c(F)c2)C(=O)NCCN1C(N)=O. The number of carbonyl (C=O) groups is 2. The van der Waals surface area contributed by atoms with E-state index in [0.717, 1.165) is 29.3 Å². The molecule has 0 spiro atoms. The summed E-state index contributed by atoms with van der Waals surface area (Å²) >= 11 is 0. The molecule has 1 aliphatic heterocycles. The molecule has 3 N–H and O–H groups in total. The number of benzene rings is 1. The minimum Gasteiger partial charge on any atom is -0.468 e. The smallest absolute Gasteiger partial charge is 0.422 e. The Morgan fingerprint density at radius 3 is 2.50 bits per heavy atom. The number of amides is 3. The van der Waals surface area contributed by atoms with E-state index in [9.17, 15) is 31.5 Å². The predicted octanol–water partition coefficient (Wildman–Crippen LogP) is 2.70. The molecule has 3 amide bonds. The Morgan fingerprint density at radius 1 is 1.25 bits per heavy atom. The van der Waals surface area contributed by atoms with Crippen LogP contribution in [0.1, 0.15) is 24.0 Å². The highest BCUT2D eigenvalue weighted by molar-refractivity contribution is 5.93. The number of pyridine rings is 1. The zero-order valence-electron chi connectivity index (χ0n) is 16.7. The number of carbonyl (C=O) groups excluding carboxylic acids is 2. The molecule has 1 unspecified atom stereocenters. The number of piperazine rings is 1. The first-order valence-electron chi connectivity index (χ1n) is 9.39. The number of primary amides is 1. The second-order valence-electron chi connectivity index (χ2n) is 7.33. The summed E-state index contributed by atoms with van der Waals surface area (Å²) in [5.41, 5.74) is 4.17. The average molecular weight is 458 g/mol. The number of rotatable bonds is 5. The molecule has 1 aromatic heterocycles. The molecule has 0 saturated carbocycles. The second kappa shape index (κ2) is 8.60. The Balaban J connectivity index is 2.10. The maximum absolute atomic E-state index is 14.1. The molecule has 3 rings (SSSR count). The van der Waals surface area contributed by atoms with Gasteiger partial charge < -0.3 is 20.7 Å². The largest absolute Gasteiger partial charge is 0.468 e. The van der Waals surface area contributed by atoms with Gasteiger partial charge in [-0.1, -0.05) is 12.1 Å². The fourth-order valence-electron chi connectivity index (χ4n) is 3.78. The lowest BCUT2D eigenvalue weighted by molar-refractivity contribution is -0.154. The Kier molecular flexibility index (Phi) is 6.24. The molecular formula is C20H19F5N4O3. The normalized spacial score (nSPS) is 19.9. The predicted molar refractivity (Wildman–Crippen MR) is 102 cm³/mol. The van der Waals surface area contributed by atoms with Gasteiger partial charge in [-0.15, -0.1) is 0 Å². The molecule has 172 valence electrons. The lowest BCUT2D eigenvalue weighted by Crippen LogP contribution is -2.68. The van der Waals surface area contributed by atoms with Gasteiger partial charge in [-0.05, 0) is 30.2 Å². The van der Waals surface area contributed by atoms with Gasteiger partial charge in [0.1, 0.15) is 5.54 Å². The highest BCUT2D eigenvalue weighted by Gasteiger charge is 2.51. The summed E-state index contributed by atoms with van der Waals surface area (Å²) in [5.74, 6) is -4.33. The monoisotopic (exact) mass is 458 g/mol. The van der Waals surface area contributed by atoms with E-state index < -0.39 is 47.8 Å². The van der Waals surface area contributed by atoms with Crippen LogP contribution >= 0.6 is 0 Å². The third-order valence-electron chi connectivity index (χ3n) is 5.22. The zero-order chi connectivity index (χ0) is 23.7. The van der Waals surface area contributed by atoms with Crippen LogP contribution in [0.25, 0.3) is 0 Å². The summed E-state index contributed by atoms with van der Waals surface area (Å²) in [5, 5.41) is 2.63. The number of ether oxygens (including phenoxy) is 1. The molecule has 1 saturated heterocycles. The first-order valence-corrected chi connectivity index (χ1v) is 9.39. The minimum absolute atomic E-state index is 0.0535. The summed E-state index contributed by atoms with van der Waals surface area (Å²) in [6.45, 7) is 0.0378. The molecule has 2 atom stereocenters. The summed E-state index contributed by atoms with van der Waals surface area (Å²) in [6, 6.07) is 4.55. The average Bonchev–Trinajstić information content (AvgIpc) is 2.71. The topological polar surface area (TPSA) is 97.6 Å². The van der Waals surface area contributed by atoms with Crippen LogP contribution in [0.3, 0.4) is 0 Å². The van der Waals surface area contributed by atoms with E-state index in [4.69, 9.17) is 5.73 Å². The van der Waals surface area contributed by atoms with Gasteiger partial charge in [0.05, 0.1) is 0 Å². The number of hydrogen-bond acceptors (Lipinski definition) is 4. The van der Waals surface area contributed by atoms with Crippen LogP contribution in [-0.4, -0.2) is 53.2 Å². The van der Waals surface area contributed by atoms with Crippen molar-refractivity contribution in [3.8, 4) is 5.88 Å². The van der Waals surface area contributed by atoms with Gasteiger partial charge in [0, 0.05) is 31.3 Å². The van der Waals surface area contributed by atoms with Crippen molar-refractivity contribution in [2.24, 2.45) is 5.73 Å². The van der Waals surface area contributed by atoms with E-state index in [2.05, 4.69) is 15.0 Å². The Morgan fingerprint density at radius 2 is 1.94 bits per heavy atom. The molecule has 7 nitrogen and oxygen atoms in total. The number of urea groups is 1. The standard InChI is InChI=1S/C20H19F5N4O3/c1-19(17(30)27-6-7-29(19)18(26)31)16(11-2-4-13(21)14(22)8-11)12-3-5-15(28-9-12)32-10-20(23,24)25/h2-5,8-9,16H,6-7,10H2,1H3,(H2,26,31)(H,27,30)/t16-,19?/m0/s1. The van der Waals surface area contributed by atoms with Gasteiger partial charge in [0.15, 0.2) is 18.2 Å². The Bertz CT molecular complexity index is 1020. The van der Waals surface area contributed by atoms with Crippen molar-refractivity contribution in [2.45, 2.75) is 24.6 Å². The van der Waals surface area contributed by atoms with Gasteiger partial charge in [0.2, 0.25) is 11.8 Å². The number of aromatic nitrogens is 1. The number of nitrogens with zero attached hydrogens (tertiary/aromatic N) is 2. The molecular weight excluding hydrogens is 439 g/mol. The van der Waals surface area contributed by atoms with Crippen molar-refractivity contribution in [1.29, 1.82) is 0 Å². The van der Waals surface area contributed by atoms with E-state index in [-0.39, 0.29) is 30.1 Å². The molecule has 12 heteroatoms. The van der Waals surface area contributed by atoms with Gasteiger partial charge in [0.25, 0.3) is 0 Å². The number of alkyl halides is 3. The van der Waals surface area contributed by atoms with E-state index in [1.807, 2.05) is 0 Å². The third kappa shape index (κ3) is 4.58. The highest BCUT2D eigenvalue weighted by Crippen LogP contribution is 2.40. The van der Waals surface area contributed by atoms with Gasteiger partial charge in [-0.3, -0.25) is 4.79 Å². The van der Waals surface area contributed by atoms with Crippen molar-refractivity contribution in [2.75, 3.05) is 19.7 Å². The summed E-state index contributed by atoms with van der Waals surface area (Å²) in [7, 11) is 0. The van der Waals surface area contributed by atoms with E-state index >= 15 is 0 Å². The quantitative estimate of drug-likeness (QED) is 0.674. The van der Waals surface area contributed by atoms with E-state index in [1.54, 1.807) is 0 Å². The lowest BCUT2D eigenvalue weighted by atomic mass is 9.74. The van der Waals surface area contributed by atoms with Crippen LogP contribution in [0, 0.1) is 11.6 Å². The molecule has 0 aliphatic carbocycles. The number of hydrogen-bond donors (Lipinski definition) is 2. The van der Waals surface area contributed by atoms with Crippen LogP contribution in [0.5, 0.6) is 5.88 Å². The van der Waals surface area contributed by atoms with E-state index in [0.29, 0.717) is 0 Å². The van der Waals surface area contributed by atoms with Crippen LogP contribution in [0.2, 0.25) is 0 Å². The van der Waals surface area contributed by atoms with Crippen molar-refractivity contribution < 1.29 is 36.3 Å². The van der Waals surface area contributed by atoms with Gasteiger partial charge in [-0.2, -0.15) is 13.2 Å². The molecule has 2 aromatic rings. The van der Waals surface area contributed by atoms with Crippen molar-refractivity contribution in [3.63, 3.8) is 0 Å². The lowest BCUT2D eigenvalue weighted by Gasteiger charge is -2.47. The molecule has 0 radical (unpaired) electrons. The summed E-state index contributed by atoms with van der Waals surface area (Å²) in [4.78, 5) is 30.0. The van der Waals surface area contributed by atoms with Crippen LogP contribution < -0.4 is 15.8 Å². The molecule has 0 bridgehead atoms. The van der Waals surface area contributed by atoms with Crippen molar-refractivity contribution in [3.05, 3.63) is 59.3 Å². The zero-order valence-corrected chi connectivity index (χ0v) is 16.7. The molecule has 1 fully saturated rings. The van der Waals surface area contributed by atoms with E-state index in [1.165, 1.54) is 19.1 Å².